The molecule has 1 heterocycles. The standard InChI is InChI=1S/C21H21F3N2O4S2/c1-4-30-19(27)12-26-13(2)20(31-18-8-6-5-7-16(18)21(22,23)24)15-11-14(9-10-17(15)26)25-32(3,28)29/h5-11,25H,4,12H2,1-3H3. The molecule has 0 radical (unpaired) electrons. The fraction of sp³-hybridized carbons (Fsp3) is 0.286. The Morgan fingerprint density at radius 1 is 1.19 bits per heavy atom. The molecule has 0 bridgehead atoms. The monoisotopic (exact) mass is 486 g/mol. The second-order valence-electron chi connectivity index (χ2n) is 7.01. The Bertz CT molecular complexity index is 1270. The molecule has 0 aliphatic heterocycles. The average Bonchev–Trinajstić information content (AvgIpc) is 2.92. The van der Waals surface area contributed by atoms with Gasteiger partial charge in [0.05, 0.1) is 23.9 Å². The maximum atomic E-state index is 13.5. The van der Waals surface area contributed by atoms with E-state index in [-0.39, 0.29) is 23.7 Å². The molecule has 172 valence electrons. The zero-order chi connectivity index (χ0) is 23.7. The van der Waals surface area contributed by atoms with Crippen LogP contribution in [0.4, 0.5) is 18.9 Å². The van der Waals surface area contributed by atoms with Gasteiger partial charge in [0.1, 0.15) is 6.54 Å². The first kappa shape index (κ1) is 24.0. The second kappa shape index (κ2) is 9.07. The Kier molecular flexibility index (Phi) is 6.80. The van der Waals surface area contributed by atoms with Crippen LogP contribution in [-0.2, 0) is 32.3 Å². The topological polar surface area (TPSA) is 77.4 Å². The first-order chi connectivity index (χ1) is 14.9. The lowest BCUT2D eigenvalue weighted by Gasteiger charge is -2.12. The van der Waals surface area contributed by atoms with E-state index in [0.717, 1.165) is 24.1 Å². The van der Waals surface area contributed by atoms with Crippen molar-refractivity contribution in [3.05, 3.63) is 53.7 Å². The Hall–Kier alpha value is -2.66. The average molecular weight is 487 g/mol. The summed E-state index contributed by atoms with van der Waals surface area (Å²) < 4.78 is 72.9. The van der Waals surface area contributed by atoms with Gasteiger partial charge in [-0.25, -0.2) is 8.42 Å². The minimum absolute atomic E-state index is 0.000222. The molecule has 2 aromatic carbocycles. The largest absolute Gasteiger partial charge is 0.465 e. The van der Waals surface area contributed by atoms with Crippen LogP contribution in [0.5, 0.6) is 0 Å². The van der Waals surface area contributed by atoms with Crippen LogP contribution in [0.3, 0.4) is 0 Å². The molecule has 3 rings (SSSR count). The molecule has 0 unspecified atom stereocenters. The number of hydrogen-bond acceptors (Lipinski definition) is 5. The van der Waals surface area contributed by atoms with E-state index >= 15 is 0 Å². The highest BCUT2D eigenvalue weighted by Crippen LogP contribution is 2.44. The number of ether oxygens (including phenoxy) is 1. The van der Waals surface area contributed by atoms with Gasteiger partial charge >= 0.3 is 12.1 Å². The number of halogens is 3. The summed E-state index contributed by atoms with van der Waals surface area (Å²) in [6.45, 7) is 3.44. The normalized spacial score (nSPS) is 12.2. The van der Waals surface area contributed by atoms with Crippen LogP contribution in [-0.4, -0.2) is 31.8 Å². The van der Waals surface area contributed by atoms with E-state index < -0.39 is 27.7 Å². The van der Waals surface area contributed by atoms with E-state index in [9.17, 15) is 26.4 Å². The van der Waals surface area contributed by atoms with Crippen molar-refractivity contribution in [1.82, 2.24) is 4.57 Å². The van der Waals surface area contributed by atoms with E-state index in [2.05, 4.69) is 4.72 Å². The van der Waals surface area contributed by atoms with Crippen LogP contribution < -0.4 is 4.72 Å². The van der Waals surface area contributed by atoms with Crippen molar-refractivity contribution >= 4 is 44.3 Å². The molecule has 0 aliphatic rings. The van der Waals surface area contributed by atoms with Crippen LogP contribution in [0.2, 0.25) is 0 Å². The van der Waals surface area contributed by atoms with Crippen LogP contribution in [0.15, 0.2) is 52.3 Å². The summed E-state index contributed by atoms with van der Waals surface area (Å²) in [6, 6.07) is 9.91. The fourth-order valence-electron chi connectivity index (χ4n) is 3.30. The van der Waals surface area contributed by atoms with Crippen molar-refractivity contribution in [3.63, 3.8) is 0 Å². The molecule has 11 heteroatoms. The molecule has 0 atom stereocenters. The van der Waals surface area contributed by atoms with E-state index in [1.165, 1.54) is 24.3 Å². The number of rotatable bonds is 7. The number of carbonyl (C=O) groups excluding carboxylic acids is 1. The SMILES string of the molecule is CCOC(=O)Cn1c(C)c(Sc2ccccc2C(F)(F)F)c2cc(NS(C)(=O)=O)ccc21. The molecule has 1 N–H and O–H groups in total. The van der Waals surface area contributed by atoms with Crippen LogP contribution in [0.25, 0.3) is 10.9 Å². The third-order valence-electron chi connectivity index (χ3n) is 4.57. The van der Waals surface area contributed by atoms with Crippen molar-refractivity contribution in [3.8, 4) is 0 Å². The van der Waals surface area contributed by atoms with Crippen molar-refractivity contribution in [2.75, 3.05) is 17.6 Å². The lowest BCUT2D eigenvalue weighted by atomic mass is 10.2. The summed E-state index contributed by atoms with van der Waals surface area (Å²) >= 11 is 0.915. The second-order valence-corrected chi connectivity index (χ2v) is 9.81. The number of sulfonamides is 1. The minimum Gasteiger partial charge on any atom is -0.465 e. The van der Waals surface area contributed by atoms with Gasteiger partial charge in [0, 0.05) is 26.6 Å². The molecule has 0 spiro atoms. The maximum Gasteiger partial charge on any atom is 0.417 e. The summed E-state index contributed by atoms with van der Waals surface area (Å²) in [7, 11) is -3.56. The van der Waals surface area contributed by atoms with Gasteiger partial charge in [0.2, 0.25) is 10.0 Å². The predicted octanol–water partition coefficient (Wildman–Crippen LogP) is 5.05. The maximum absolute atomic E-state index is 13.5. The van der Waals surface area contributed by atoms with Crippen LogP contribution in [0.1, 0.15) is 18.2 Å². The zero-order valence-corrected chi connectivity index (χ0v) is 19.1. The lowest BCUT2D eigenvalue weighted by molar-refractivity contribution is -0.143. The number of nitrogens with zero attached hydrogens (tertiary/aromatic N) is 1. The number of benzene rings is 2. The summed E-state index contributed by atoms with van der Waals surface area (Å²) in [6.07, 6.45) is -3.53. The Balaban J connectivity index is 2.18. The number of carbonyl (C=O) groups is 1. The summed E-state index contributed by atoms with van der Waals surface area (Å²) in [5.41, 5.74) is 0.619. The molecule has 0 aliphatic carbocycles. The molecule has 0 saturated carbocycles. The minimum atomic E-state index is -4.54. The highest BCUT2D eigenvalue weighted by atomic mass is 32.2. The van der Waals surface area contributed by atoms with Crippen LogP contribution in [0, 0.1) is 6.92 Å². The molecule has 0 amide bonds. The molecular weight excluding hydrogens is 465 g/mol. The van der Waals surface area contributed by atoms with E-state index in [1.54, 1.807) is 30.5 Å². The van der Waals surface area contributed by atoms with Gasteiger partial charge in [-0.2, -0.15) is 13.2 Å². The summed E-state index contributed by atoms with van der Waals surface area (Å²) in [5.74, 6) is -0.488. The van der Waals surface area contributed by atoms with Gasteiger partial charge in [0.15, 0.2) is 0 Å². The zero-order valence-electron chi connectivity index (χ0n) is 17.5. The Morgan fingerprint density at radius 3 is 2.50 bits per heavy atom. The van der Waals surface area contributed by atoms with Gasteiger partial charge in [-0.15, -0.1) is 0 Å². The van der Waals surface area contributed by atoms with Crippen molar-refractivity contribution in [2.45, 2.75) is 36.4 Å². The highest BCUT2D eigenvalue weighted by Gasteiger charge is 2.33. The fourth-order valence-corrected chi connectivity index (χ4v) is 5.04. The van der Waals surface area contributed by atoms with E-state index in [1.807, 2.05) is 0 Å². The van der Waals surface area contributed by atoms with Gasteiger partial charge in [-0.1, -0.05) is 23.9 Å². The first-order valence-corrected chi connectivity index (χ1v) is 12.2. The third-order valence-corrected chi connectivity index (χ3v) is 6.47. The van der Waals surface area contributed by atoms with Crippen molar-refractivity contribution < 1.29 is 31.1 Å². The van der Waals surface area contributed by atoms with Gasteiger partial charge in [-0.05, 0) is 44.2 Å². The van der Waals surface area contributed by atoms with Crippen molar-refractivity contribution in [1.29, 1.82) is 0 Å². The number of nitrogens with one attached hydrogen (secondary N) is 1. The smallest absolute Gasteiger partial charge is 0.417 e. The quantitative estimate of drug-likeness (QED) is 0.473. The number of alkyl halides is 3. The van der Waals surface area contributed by atoms with Crippen molar-refractivity contribution in [2.24, 2.45) is 0 Å². The first-order valence-electron chi connectivity index (χ1n) is 9.51. The molecule has 0 saturated heterocycles. The predicted molar refractivity (Wildman–Crippen MR) is 117 cm³/mol. The molecular formula is C21H21F3N2O4S2. The van der Waals surface area contributed by atoms with Gasteiger partial charge in [0.25, 0.3) is 0 Å². The Morgan fingerprint density at radius 2 is 1.88 bits per heavy atom. The number of esters is 1. The number of fused-ring (bicyclic) bond motifs is 1. The highest BCUT2D eigenvalue weighted by molar-refractivity contribution is 7.99. The number of anilines is 1. The van der Waals surface area contributed by atoms with Gasteiger partial charge in [-0.3, -0.25) is 9.52 Å². The lowest BCUT2D eigenvalue weighted by Crippen LogP contribution is -2.14. The third kappa shape index (κ3) is 5.39. The summed E-state index contributed by atoms with van der Waals surface area (Å²) in [4.78, 5) is 12.6. The molecule has 1 aromatic heterocycles. The van der Waals surface area contributed by atoms with Gasteiger partial charge < -0.3 is 9.30 Å². The number of hydrogen-bond donors (Lipinski definition) is 1. The summed E-state index contributed by atoms with van der Waals surface area (Å²) in [5, 5.41) is 0.516. The molecule has 32 heavy (non-hydrogen) atoms. The molecule has 0 fully saturated rings. The molecule has 3 aromatic rings. The number of aromatic nitrogens is 1. The van der Waals surface area contributed by atoms with E-state index in [4.69, 9.17) is 4.74 Å². The van der Waals surface area contributed by atoms with E-state index in [0.29, 0.717) is 21.5 Å². The Labute approximate surface area is 187 Å². The molecule has 6 nitrogen and oxygen atoms in total. The van der Waals surface area contributed by atoms with Crippen LogP contribution >= 0.6 is 11.8 Å².